The Labute approximate surface area is 61.2 Å². The van der Waals surface area contributed by atoms with Gasteiger partial charge in [-0.25, -0.2) is 0 Å². The Bertz CT molecular complexity index is 143. The van der Waals surface area contributed by atoms with Crippen LogP contribution in [0.3, 0.4) is 0 Å². The van der Waals surface area contributed by atoms with E-state index in [1.54, 1.807) is 13.0 Å². The van der Waals surface area contributed by atoms with Gasteiger partial charge in [0.15, 0.2) is 0 Å². The summed E-state index contributed by atoms with van der Waals surface area (Å²) in [6.07, 6.45) is 2.99. The van der Waals surface area contributed by atoms with E-state index in [1.165, 1.54) is 6.08 Å². The fourth-order valence-corrected chi connectivity index (χ4v) is 0.418. The minimum absolute atomic E-state index is 0.374. The van der Waals surface area contributed by atoms with Crippen molar-refractivity contribution in [3.05, 3.63) is 23.7 Å². The molecule has 10 heavy (non-hydrogen) atoms. The van der Waals surface area contributed by atoms with Crippen molar-refractivity contribution in [2.45, 2.75) is 20.8 Å². The number of rotatable bonds is 3. The molecule has 0 aliphatic carbocycles. The van der Waals surface area contributed by atoms with Crippen molar-refractivity contribution in [1.29, 1.82) is 0 Å². The van der Waals surface area contributed by atoms with E-state index in [-0.39, 0.29) is 0 Å². The lowest BCUT2D eigenvalue weighted by atomic mass is 10.3. The average Bonchev–Trinajstić information content (AvgIpc) is 1.85. The van der Waals surface area contributed by atoms with Gasteiger partial charge in [-0.1, -0.05) is 11.6 Å². The third-order valence-electron chi connectivity index (χ3n) is 0.830. The molecule has 2 heteroatoms. The summed E-state index contributed by atoms with van der Waals surface area (Å²) < 4.78 is 16.9. The molecule has 0 aromatic heterocycles. The van der Waals surface area contributed by atoms with Crippen LogP contribution in [0.4, 0.5) is 4.39 Å². The second-order valence-corrected chi connectivity index (χ2v) is 2.15. The Kier molecular flexibility index (Phi) is 4.63. The molecule has 0 saturated heterocycles. The quantitative estimate of drug-likeness (QED) is 0.437. The lowest BCUT2D eigenvalue weighted by Crippen LogP contribution is -1.83. The van der Waals surface area contributed by atoms with Crippen LogP contribution >= 0.6 is 0 Å². The maximum atomic E-state index is 12.4. The van der Waals surface area contributed by atoms with Crippen LogP contribution in [0, 0.1) is 0 Å². The van der Waals surface area contributed by atoms with E-state index in [1.807, 2.05) is 13.8 Å². The number of allylic oxidation sites excluding steroid dienone is 3. The third-order valence-corrected chi connectivity index (χ3v) is 0.830. The van der Waals surface area contributed by atoms with Gasteiger partial charge in [-0.2, -0.15) is 4.39 Å². The van der Waals surface area contributed by atoms with Gasteiger partial charge < -0.3 is 4.74 Å². The van der Waals surface area contributed by atoms with E-state index >= 15 is 0 Å². The second-order valence-electron chi connectivity index (χ2n) is 2.15. The largest absolute Gasteiger partial charge is 0.471 e. The van der Waals surface area contributed by atoms with Crippen molar-refractivity contribution in [3.63, 3.8) is 0 Å². The van der Waals surface area contributed by atoms with Crippen LogP contribution in [-0.4, -0.2) is 6.61 Å². The summed E-state index contributed by atoms with van der Waals surface area (Å²) in [7, 11) is 0. The number of hydrogen-bond acceptors (Lipinski definition) is 1. The van der Waals surface area contributed by atoms with Gasteiger partial charge in [-0.05, 0) is 20.8 Å². The molecule has 0 atom stereocenters. The summed E-state index contributed by atoms with van der Waals surface area (Å²) in [5.41, 5.74) is 1.05. The summed E-state index contributed by atoms with van der Waals surface area (Å²) in [5, 5.41) is 0. The smallest absolute Gasteiger partial charge is 0.272 e. The fourth-order valence-electron chi connectivity index (χ4n) is 0.418. The zero-order valence-corrected chi connectivity index (χ0v) is 6.65. The van der Waals surface area contributed by atoms with Gasteiger partial charge >= 0.3 is 0 Å². The summed E-state index contributed by atoms with van der Waals surface area (Å²) >= 11 is 0. The summed E-state index contributed by atoms with van der Waals surface area (Å²) in [5.74, 6) is 0. The van der Waals surface area contributed by atoms with Crippen molar-refractivity contribution in [2.24, 2.45) is 0 Å². The van der Waals surface area contributed by atoms with Crippen molar-refractivity contribution < 1.29 is 9.13 Å². The van der Waals surface area contributed by atoms with E-state index in [9.17, 15) is 4.39 Å². The maximum Gasteiger partial charge on any atom is 0.272 e. The molecule has 0 rings (SSSR count). The van der Waals surface area contributed by atoms with Crippen LogP contribution in [0.15, 0.2) is 23.7 Å². The predicted octanol–water partition coefficient (Wildman–Crippen LogP) is 2.80. The molecule has 0 bridgehead atoms. The highest BCUT2D eigenvalue weighted by Crippen LogP contribution is 2.00. The molecular weight excluding hydrogens is 131 g/mol. The molecule has 0 aromatic rings. The minimum atomic E-state index is -0.524. The first-order valence-corrected chi connectivity index (χ1v) is 3.30. The van der Waals surface area contributed by atoms with E-state index < -0.39 is 6.01 Å². The zero-order chi connectivity index (χ0) is 7.98. The zero-order valence-electron chi connectivity index (χ0n) is 6.65. The fraction of sp³-hybridized carbons (Fsp3) is 0.500. The highest BCUT2D eigenvalue weighted by molar-refractivity contribution is 5.08. The van der Waals surface area contributed by atoms with Crippen LogP contribution in [-0.2, 0) is 4.74 Å². The Morgan fingerprint density at radius 3 is 2.40 bits per heavy atom. The van der Waals surface area contributed by atoms with Crippen LogP contribution in [0.1, 0.15) is 20.8 Å². The highest BCUT2D eigenvalue weighted by Gasteiger charge is 1.87. The molecule has 0 N–H and O–H groups in total. The molecule has 0 amide bonds. The topological polar surface area (TPSA) is 9.23 Å². The molecule has 0 spiro atoms. The van der Waals surface area contributed by atoms with Gasteiger partial charge in [0.25, 0.3) is 6.01 Å². The molecule has 1 nitrogen and oxygen atoms in total. The third kappa shape index (κ3) is 5.35. The first kappa shape index (κ1) is 9.21. The van der Waals surface area contributed by atoms with Crippen LogP contribution in [0.2, 0.25) is 0 Å². The van der Waals surface area contributed by atoms with E-state index in [0.29, 0.717) is 6.61 Å². The highest BCUT2D eigenvalue weighted by atomic mass is 19.1. The number of hydrogen-bond donors (Lipinski definition) is 0. The van der Waals surface area contributed by atoms with E-state index in [2.05, 4.69) is 4.74 Å². The Balaban J connectivity index is 3.79. The van der Waals surface area contributed by atoms with Gasteiger partial charge in [0.2, 0.25) is 0 Å². The second kappa shape index (κ2) is 5.03. The average molecular weight is 144 g/mol. The lowest BCUT2D eigenvalue weighted by Gasteiger charge is -1.94. The van der Waals surface area contributed by atoms with E-state index in [4.69, 9.17) is 0 Å². The molecule has 0 aliphatic heterocycles. The van der Waals surface area contributed by atoms with Crippen molar-refractivity contribution in [1.82, 2.24) is 0 Å². The SMILES string of the molecule is CCO/C(F)=C\C=C(C)C. The summed E-state index contributed by atoms with van der Waals surface area (Å²) in [4.78, 5) is 0. The van der Waals surface area contributed by atoms with Gasteiger partial charge in [0, 0.05) is 6.08 Å². The molecule has 0 aromatic carbocycles. The summed E-state index contributed by atoms with van der Waals surface area (Å²) in [6, 6.07) is -0.524. The monoisotopic (exact) mass is 144 g/mol. The molecule has 0 aliphatic rings. The molecular formula is C8H13FO. The van der Waals surface area contributed by atoms with Crippen molar-refractivity contribution in [3.8, 4) is 0 Å². The minimum Gasteiger partial charge on any atom is -0.471 e. The molecule has 0 fully saturated rings. The van der Waals surface area contributed by atoms with Crippen molar-refractivity contribution in [2.75, 3.05) is 6.61 Å². The van der Waals surface area contributed by atoms with Gasteiger partial charge in [-0.15, -0.1) is 0 Å². The number of ether oxygens (including phenoxy) is 1. The number of halogens is 1. The molecule has 0 unspecified atom stereocenters. The van der Waals surface area contributed by atoms with Gasteiger partial charge in [0.1, 0.15) is 0 Å². The molecule has 0 heterocycles. The molecule has 0 saturated carbocycles. The molecule has 58 valence electrons. The van der Waals surface area contributed by atoms with Crippen LogP contribution in [0.5, 0.6) is 0 Å². The van der Waals surface area contributed by atoms with Crippen LogP contribution < -0.4 is 0 Å². The normalized spacial score (nSPS) is 11.0. The van der Waals surface area contributed by atoms with Crippen LogP contribution in [0.25, 0.3) is 0 Å². The lowest BCUT2D eigenvalue weighted by molar-refractivity contribution is 0.158. The van der Waals surface area contributed by atoms with Crippen molar-refractivity contribution >= 4 is 0 Å². The molecule has 0 radical (unpaired) electrons. The first-order chi connectivity index (χ1) is 4.66. The van der Waals surface area contributed by atoms with E-state index in [0.717, 1.165) is 5.57 Å². The standard InChI is InChI=1S/C8H13FO/c1-4-10-8(9)6-5-7(2)3/h5-6H,4H2,1-3H3/b8-6-. The predicted molar refractivity (Wildman–Crippen MR) is 40.2 cm³/mol. The Hall–Kier alpha value is -0.790. The van der Waals surface area contributed by atoms with Gasteiger partial charge in [-0.3, -0.25) is 0 Å². The first-order valence-electron chi connectivity index (χ1n) is 3.30. The van der Waals surface area contributed by atoms with Gasteiger partial charge in [0.05, 0.1) is 6.61 Å². The maximum absolute atomic E-state index is 12.4. The Morgan fingerprint density at radius 1 is 1.40 bits per heavy atom. The Morgan fingerprint density at radius 2 is 2.00 bits per heavy atom. The summed E-state index contributed by atoms with van der Waals surface area (Å²) in [6.45, 7) is 5.92.